The van der Waals surface area contributed by atoms with Gasteiger partial charge in [0.05, 0.1) is 0 Å². The summed E-state index contributed by atoms with van der Waals surface area (Å²) in [6.45, 7) is 4.34. The first-order valence-electron chi connectivity index (χ1n) is 13.6. The Morgan fingerprint density at radius 2 is 0.861 bits per heavy atom. The Morgan fingerprint density at radius 1 is 0.556 bits per heavy atom. The van der Waals surface area contributed by atoms with E-state index < -0.39 is 24.0 Å². The van der Waals surface area contributed by atoms with Crippen LogP contribution in [0.1, 0.15) is 117 Å². The van der Waals surface area contributed by atoms with Gasteiger partial charge in [0.2, 0.25) is 11.8 Å². The van der Waals surface area contributed by atoms with Crippen LogP contribution in [-0.4, -0.2) is 57.6 Å². The molecule has 10 heteroatoms. The standard InChI is InChI=1S/C26H48N2O6S2/c1-3-5-7-9-11-13-15-17-23(29)27-21(25(31)32)19-35-36-20-22(26(33)34)28-24(30)18-16-14-12-10-8-6-4-2/h21-22H,3-20H2,1-2H3,(H,27,29)(H,28,30)(H,31,32)(H,33,34). The van der Waals surface area contributed by atoms with Gasteiger partial charge in [-0.3, -0.25) is 9.59 Å². The van der Waals surface area contributed by atoms with Crippen LogP contribution in [0.5, 0.6) is 0 Å². The first-order chi connectivity index (χ1) is 17.3. The molecule has 8 nitrogen and oxygen atoms in total. The summed E-state index contributed by atoms with van der Waals surface area (Å²) in [6.07, 6.45) is 15.8. The zero-order valence-corrected chi connectivity index (χ0v) is 23.9. The second-order valence-corrected chi connectivity index (χ2v) is 11.8. The van der Waals surface area contributed by atoms with Crippen molar-refractivity contribution in [2.45, 2.75) is 129 Å². The highest BCUT2D eigenvalue weighted by Gasteiger charge is 2.22. The van der Waals surface area contributed by atoms with Crippen LogP contribution >= 0.6 is 21.6 Å². The average Bonchev–Trinajstić information content (AvgIpc) is 2.83. The third-order valence-electron chi connectivity index (χ3n) is 5.83. The second kappa shape index (κ2) is 23.9. The summed E-state index contributed by atoms with van der Waals surface area (Å²) in [6, 6.07) is -2.07. The minimum absolute atomic E-state index is 0.112. The molecule has 0 rings (SSSR count). The van der Waals surface area contributed by atoms with E-state index in [1.165, 1.54) is 60.1 Å². The minimum Gasteiger partial charge on any atom is -0.480 e. The molecule has 0 aliphatic carbocycles. The zero-order valence-electron chi connectivity index (χ0n) is 22.2. The van der Waals surface area contributed by atoms with Crippen molar-refractivity contribution >= 4 is 45.3 Å². The van der Waals surface area contributed by atoms with Gasteiger partial charge in [-0.2, -0.15) is 0 Å². The summed E-state index contributed by atoms with van der Waals surface area (Å²) < 4.78 is 0. The van der Waals surface area contributed by atoms with Crippen LogP contribution in [0.4, 0.5) is 0 Å². The first-order valence-corrected chi connectivity index (χ1v) is 16.1. The summed E-state index contributed by atoms with van der Waals surface area (Å²) in [5.41, 5.74) is 0. The SMILES string of the molecule is CCCCCCCCCC(=O)NC(CSSCC(NC(=O)CCCCCCCCC)C(=O)O)C(=O)O. The Labute approximate surface area is 225 Å². The lowest BCUT2D eigenvalue weighted by Crippen LogP contribution is -2.43. The molecule has 0 spiro atoms. The molecule has 2 unspecified atom stereocenters. The fourth-order valence-electron chi connectivity index (χ4n) is 3.60. The lowest BCUT2D eigenvalue weighted by atomic mass is 10.1. The van der Waals surface area contributed by atoms with Gasteiger partial charge in [-0.1, -0.05) is 112 Å². The molecule has 0 heterocycles. The van der Waals surface area contributed by atoms with E-state index in [0.29, 0.717) is 12.8 Å². The van der Waals surface area contributed by atoms with Gasteiger partial charge in [-0.05, 0) is 12.8 Å². The number of hydrogen-bond acceptors (Lipinski definition) is 6. The van der Waals surface area contributed by atoms with Gasteiger partial charge in [-0.25, -0.2) is 9.59 Å². The maximum absolute atomic E-state index is 12.1. The molecule has 0 aromatic heterocycles. The number of unbranched alkanes of at least 4 members (excludes halogenated alkanes) is 12. The molecule has 4 N–H and O–H groups in total. The Bertz CT molecular complexity index is 569. The molecule has 0 saturated carbocycles. The number of carboxylic acids is 2. The number of aliphatic carboxylic acids is 2. The average molecular weight is 549 g/mol. The monoisotopic (exact) mass is 548 g/mol. The van der Waals surface area contributed by atoms with Gasteiger partial charge >= 0.3 is 11.9 Å². The summed E-state index contributed by atoms with van der Waals surface area (Å²) in [5, 5.41) is 23.9. The number of nitrogens with one attached hydrogen (secondary N) is 2. The van der Waals surface area contributed by atoms with Crippen LogP contribution < -0.4 is 10.6 Å². The van der Waals surface area contributed by atoms with E-state index in [4.69, 9.17) is 0 Å². The normalized spacial score (nSPS) is 12.6. The van der Waals surface area contributed by atoms with Crippen molar-refractivity contribution in [3.8, 4) is 0 Å². The lowest BCUT2D eigenvalue weighted by Gasteiger charge is -2.16. The highest BCUT2D eigenvalue weighted by Crippen LogP contribution is 2.23. The molecule has 0 fully saturated rings. The summed E-state index contributed by atoms with van der Waals surface area (Å²) >= 11 is 0. The highest BCUT2D eigenvalue weighted by atomic mass is 33.1. The third kappa shape index (κ3) is 20.7. The van der Waals surface area contributed by atoms with E-state index in [9.17, 15) is 29.4 Å². The van der Waals surface area contributed by atoms with E-state index in [2.05, 4.69) is 24.5 Å². The second-order valence-electron chi connectivity index (χ2n) is 9.23. The molecule has 0 saturated heterocycles. The van der Waals surface area contributed by atoms with Crippen LogP contribution in [0.15, 0.2) is 0 Å². The number of hydrogen-bond donors (Lipinski definition) is 4. The predicted molar refractivity (Wildman–Crippen MR) is 149 cm³/mol. The number of amides is 2. The van der Waals surface area contributed by atoms with E-state index in [0.717, 1.165) is 51.4 Å². The fourth-order valence-corrected chi connectivity index (χ4v) is 5.91. The Hall–Kier alpha value is -1.42. The van der Waals surface area contributed by atoms with Crippen molar-refractivity contribution in [2.75, 3.05) is 11.5 Å². The highest BCUT2D eigenvalue weighted by molar-refractivity contribution is 8.76. The van der Waals surface area contributed by atoms with Gasteiger partial charge < -0.3 is 20.8 Å². The molecule has 0 aromatic rings. The topological polar surface area (TPSA) is 133 Å². The zero-order chi connectivity index (χ0) is 27.0. The fraction of sp³-hybridized carbons (Fsp3) is 0.846. The smallest absolute Gasteiger partial charge is 0.327 e. The molecule has 0 bridgehead atoms. The molecule has 0 aliphatic rings. The molecule has 2 amide bonds. The van der Waals surface area contributed by atoms with Gasteiger partial charge in [0.1, 0.15) is 12.1 Å². The molecule has 2 atom stereocenters. The van der Waals surface area contributed by atoms with E-state index in [1.807, 2.05) is 0 Å². The maximum atomic E-state index is 12.1. The summed E-state index contributed by atoms with van der Waals surface area (Å²) in [4.78, 5) is 47.2. The van der Waals surface area contributed by atoms with Gasteiger partial charge in [0.25, 0.3) is 0 Å². The Morgan fingerprint density at radius 3 is 1.17 bits per heavy atom. The van der Waals surface area contributed by atoms with Crippen LogP contribution in [0.2, 0.25) is 0 Å². The van der Waals surface area contributed by atoms with Crippen LogP contribution in [-0.2, 0) is 19.2 Å². The summed E-state index contributed by atoms with van der Waals surface area (Å²) in [7, 11) is 2.36. The van der Waals surface area contributed by atoms with Crippen molar-refractivity contribution in [1.29, 1.82) is 0 Å². The first kappa shape index (κ1) is 34.6. The molecule has 0 aliphatic heterocycles. The van der Waals surface area contributed by atoms with E-state index >= 15 is 0 Å². The number of carbonyl (C=O) groups is 4. The van der Waals surface area contributed by atoms with E-state index in [1.54, 1.807) is 0 Å². The van der Waals surface area contributed by atoms with Crippen molar-refractivity contribution in [3.63, 3.8) is 0 Å². The van der Waals surface area contributed by atoms with Gasteiger partial charge in [0.15, 0.2) is 0 Å². The minimum atomic E-state index is -1.12. The number of rotatable bonds is 25. The quantitative estimate of drug-likeness (QED) is 0.0832. The number of carboxylic acid groups (broad SMARTS) is 2. The van der Waals surface area contributed by atoms with Crippen LogP contribution in [0, 0.1) is 0 Å². The van der Waals surface area contributed by atoms with Crippen LogP contribution in [0.3, 0.4) is 0 Å². The third-order valence-corrected chi connectivity index (χ3v) is 8.26. The molecular weight excluding hydrogens is 500 g/mol. The Balaban J connectivity index is 4.14. The number of carbonyl (C=O) groups excluding carboxylic acids is 2. The van der Waals surface area contributed by atoms with Crippen molar-refractivity contribution in [2.24, 2.45) is 0 Å². The van der Waals surface area contributed by atoms with E-state index in [-0.39, 0.29) is 23.3 Å². The van der Waals surface area contributed by atoms with Crippen molar-refractivity contribution in [3.05, 3.63) is 0 Å². The van der Waals surface area contributed by atoms with Crippen LogP contribution in [0.25, 0.3) is 0 Å². The largest absolute Gasteiger partial charge is 0.480 e. The maximum Gasteiger partial charge on any atom is 0.327 e. The molecule has 0 aromatic carbocycles. The molecular formula is C26H48N2O6S2. The van der Waals surface area contributed by atoms with Crippen molar-refractivity contribution in [1.82, 2.24) is 10.6 Å². The Kier molecular flexibility index (Phi) is 23.0. The lowest BCUT2D eigenvalue weighted by molar-refractivity contribution is -0.141. The molecule has 36 heavy (non-hydrogen) atoms. The summed E-state index contributed by atoms with van der Waals surface area (Å²) in [5.74, 6) is -2.56. The predicted octanol–water partition coefficient (Wildman–Crippen LogP) is 5.79. The van der Waals surface area contributed by atoms with Gasteiger partial charge in [0, 0.05) is 24.3 Å². The van der Waals surface area contributed by atoms with Crippen molar-refractivity contribution < 1.29 is 29.4 Å². The van der Waals surface area contributed by atoms with Gasteiger partial charge in [-0.15, -0.1) is 0 Å². The molecule has 210 valence electrons. The molecule has 0 radical (unpaired) electrons.